The van der Waals surface area contributed by atoms with Gasteiger partial charge >= 0.3 is 15.0 Å². The second-order valence-electron chi connectivity index (χ2n) is 7.74. The van der Waals surface area contributed by atoms with Crippen molar-refractivity contribution in [3.63, 3.8) is 0 Å². The molecule has 0 bridgehead atoms. The Bertz CT molecular complexity index is 1060. The number of hydrogen-bond donors (Lipinski definition) is 2. The monoisotopic (exact) mass is 462 g/mol. The minimum absolute atomic E-state index is 0.540. The van der Waals surface area contributed by atoms with E-state index in [2.05, 4.69) is 10.6 Å². The Labute approximate surface area is 209 Å². The molecule has 0 heterocycles. The standard InChI is InChI=1S/C28H28B2N2O3/c1-3-11-23(12-4-1)31-19-21-33-29-25-15-7-9-17-27(25)35-28-18-10-8-16-26(28)30-34-22-20-32-24-13-5-2-6-14-24/h1-18,31-32H,19-22H2. The second kappa shape index (κ2) is 13.9. The molecule has 174 valence electrons. The highest BCUT2D eigenvalue weighted by molar-refractivity contribution is 6.49. The summed E-state index contributed by atoms with van der Waals surface area (Å²) >= 11 is 0. The van der Waals surface area contributed by atoms with Crippen molar-refractivity contribution >= 4 is 37.3 Å². The Hall–Kier alpha value is -3.67. The molecule has 0 saturated heterocycles. The third-order valence-corrected chi connectivity index (χ3v) is 5.12. The van der Waals surface area contributed by atoms with E-state index in [9.17, 15) is 0 Å². The fraction of sp³-hybridized carbons (Fsp3) is 0.143. The highest BCUT2D eigenvalue weighted by atomic mass is 16.5. The van der Waals surface area contributed by atoms with Gasteiger partial charge in [0.1, 0.15) is 11.5 Å². The van der Waals surface area contributed by atoms with E-state index in [1.165, 1.54) is 0 Å². The van der Waals surface area contributed by atoms with Gasteiger partial charge in [-0.2, -0.15) is 0 Å². The molecule has 0 unspecified atom stereocenters. The largest absolute Gasteiger partial charge is 0.458 e. The Morgan fingerprint density at radius 2 is 0.886 bits per heavy atom. The van der Waals surface area contributed by atoms with Crippen LogP contribution < -0.4 is 26.3 Å². The number of hydrogen-bond acceptors (Lipinski definition) is 5. The number of nitrogens with one attached hydrogen (secondary N) is 2. The summed E-state index contributed by atoms with van der Waals surface area (Å²) in [6.07, 6.45) is 0. The minimum atomic E-state index is 0.540. The van der Waals surface area contributed by atoms with Crippen molar-refractivity contribution in [2.45, 2.75) is 0 Å². The normalized spacial score (nSPS) is 10.4. The smallest absolute Gasteiger partial charge is 0.333 e. The maximum Gasteiger partial charge on any atom is 0.333 e. The van der Waals surface area contributed by atoms with Crippen molar-refractivity contribution < 1.29 is 14.0 Å². The van der Waals surface area contributed by atoms with Crippen LogP contribution in [-0.2, 0) is 9.31 Å². The molecular formula is C28H28B2N2O3. The van der Waals surface area contributed by atoms with Crippen LogP contribution in [0.3, 0.4) is 0 Å². The maximum absolute atomic E-state index is 6.24. The highest BCUT2D eigenvalue weighted by Crippen LogP contribution is 2.17. The van der Waals surface area contributed by atoms with E-state index in [1.807, 2.05) is 109 Å². The summed E-state index contributed by atoms with van der Waals surface area (Å²) in [6.45, 7) is 2.49. The van der Waals surface area contributed by atoms with E-state index < -0.39 is 0 Å². The number of rotatable bonds is 14. The van der Waals surface area contributed by atoms with Crippen LogP contribution in [0.15, 0.2) is 109 Å². The first-order valence-electron chi connectivity index (χ1n) is 11.7. The summed E-state index contributed by atoms with van der Waals surface area (Å²) in [5.41, 5.74) is 3.89. The third kappa shape index (κ3) is 8.25. The Kier molecular flexibility index (Phi) is 9.71. The van der Waals surface area contributed by atoms with Crippen molar-refractivity contribution in [1.82, 2.24) is 0 Å². The summed E-state index contributed by atoms with van der Waals surface area (Å²) in [7, 11) is 3.47. The number of anilines is 2. The predicted octanol–water partition coefficient (Wildman–Crippen LogP) is 4.23. The maximum atomic E-state index is 6.24. The van der Waals surface area contributed by atoms with Crippen molar-refractivity contribution in [2.75, 3.05) is 36.9 Å². The molecular weight excluding hydrogens is 434 g/mol. The first-order chi connectivity index (χ1) is 17.4. The van der Waals surface area contributed by atoms with Crippen LogP contribution in [0.5, 0.6) is 11.5 Å². The van der Waals surface area contributed by atoms with Crippen molar-refractivity contribution in [3.05, 3.63) is 109 Å². The summed E-state index contributed by atoms with van der Waals surface area (Å²) in [6, 6.07) is 35.8. The average molecular weight is 462 g/mol. The molecule has 2 N–H and O–H groups in total. The van der Waals surface area contributed by atoms with E-state index in [4.69, 9.17) is 14.0 Å². The number of ether oxygens (including phenoxy) is 1. The summed E-state index contributed by atoms with van der Waals surface area (Å²) in [5, 5.41) is 6.66. The molecule has 0 atom stereocenters. The van der Waals surface area contributed by atoms with Crippen LogP contribution in [-0.4, -0.2) is 41.3 Å². The molecule has 0 aromatic heterocycles. The van der Waals surface area contributed by atoms with Gasteiger partial charge in [0.25, 0.3) is 0 Å². The molecule has 5 nitrogen and oxygen atoms in total. The van der Waals surface area contributed by atoms with Gasteiger partial charge in [-0.15, -0.1) is 0 Å². The van der Waals surface area contributed by atoms with Crippen LogP contribution in [0.4, 0.5) is 11.4 Å². The molecule has 4 aromatic rings. The van der Waals surface area contributed by atoms with Gasteiger partial charge in [0.15, 0.2) is 0 Å². The Morgan fingerprint density at radius 3 is 1.34 bits per heavy atom. The lowest BCUT2D eigenvalue weighted by molar-refractivity contribution is 0.357. The van der Waals surface area contributed by atoms with Crippen LogP contribution in [0, 0.1) is 0 Å². The number of para-hydroxylation sites is 4. The van der Waals surface area contributed by atoms with Gasteiger partial charge in [-0.3, -0.25) is 0 Å². The fourth-order valence-electron chi connectivity index (χ4n) is 3.38. The zero-order valence-electron chi connectivity index (χ0n) is 19.6. The molecule has 0 fully saturated rings. The Morgan fingerprint density at radius 1 is 0.486 bits per heavy atom. The predicted molar refractivity (Wildman–Crippen MR) is 146 cm³/mol. The van der Waals surface area contributed by atoms with E-state index in [-0.39, 0.29) is 0 Å². The molecule has 0 aliphatic carbocycles. The zero-order valence-corrected chi connectivity index (χ0v) is 19.6. The molecule has 2 radical (unpaired) electrons. The van der Waals surface area contributed by atoms with Gasteiger partial charge < -0.3 is 24.7 Å². The lowest BCUT2D eigenvalue weighted by atomic mass is 9.86. The molecule has 0 spiro atoms. The van der Waals surface area contributed by atoms with Crippen LogP contribution in [0.1, 0.15) is 0 Å². The van der Waals surface area contributed by atoms with Gasteiger partial charge in [0.05, 0.1) is 0 Å². The molecule has 35 heavy (non-hydrogen) atoms. The average Bonchev–Trinajstić information content (AvgIpc) is 2.91. The first kappa shape index (κ1) is 24.5. The van der Waals surface area contributed by atoms with Gasteiger partial charge in [-0.25, -0.2) is 0 Å². The molecule has 4 rings (SSSR count). The summed E-state index contributed by atoms with van der Waals surface area (Å²) in [5.74, 6) is 1.44. The van der Waals surface area contributed by atoms with E-state index in [0.29, 0.717) is 26.3 Å². The lowest BCUT2D eigenvalue weighted by Gasteiger charge is -2.14. The Balaban J connectivity index is 1.25. The van der Waals surface area contributed by atoms with Crippen LogP contribution >= 0.6 is 0 Å². The summed E-state index contributed by atoms with van der Waals surface area (Å²) in [4.78, 5) is 0. The first-order valence-corrected chi connectivity index (χ1v) is 11.7. The molecule has 7 heteroatoms. The third-order valence-electron chi connectivity index (χ3n) is 5.12. The highest BCUT2D eigenvalue weighted by Gasteiger charge is 2.11. The van der Waals surface area contributed by atoms with Gasteiger partial charge in [-0.1, -0.05) is 72.8 Å². The SMILES string of the molecule is [B](OCCNc1ccccc1)c1ccccc1Oc1ccccc1[B]OCCNc1ccccc1. The van der Waals surface area contributed by atoms with Crippen molar-refractivity contribution in [3.8, 4) is 11.5 Å². The zero-order chi connectivity index (χ0) is 24.0. The van der Waals surface area contributed by atoms with Gasteiger partial charge in [0, 0.05) is 37.7 Å². The van der Waals surface area contributed by atoms with Gasteiger partial charge in [-0.05, 0) is 47.3 Å². The summed E-state index contributed by atoms with van der Waals surface area (Å²) < 4.78 is 17.8. The van der Waals surface area contributed by atoms with Crippen molar-refractivity contribution in [1.29, 1.82) is 0 Å². The molecule has 0 aliphatic rings. The quantitative estimate of drug-likeness (QED) is 0.217. The molecule has 0 aliphatic heterocycles. The fourth-order valence-corrected chi connectivity index (χ4v) is 3.38. The van der Waals surface area contributed by atoms with Gasteiger partial charge in [0.2, 0.25) is 0 Å². The molecule has 4 aromatic carbocycles. The second-order valence-corrected chi connectivity index (χ2v) is 7.74. The van der Waals surface area contributed by atoms with E-state index in [0.717, 1.165) is 33.8 Å². The molecule has 0 saturated carbocycles. The minimum Gasteiger partial charge on any atom is -0.458 e. The van der Waals surface area contributed by atoms with Crippen LogP contribution in [0.2, 0.25) is 0 Å². The number of benzene rings is 4. The lowest BCUT2D eigenvalue weighted by Crippen LogP contribution is -2.25. The topological polar surface area (TPSA) is 51.8 Å². The van der Waals surface area contributed by atoms with E-state index >= 15 is 0 Å². The molecule has 0 amide bonds. The van der Waals surface area contributed by atoms with Crippen LogP contribution in [0.25, 0.3) is 0 Å². The van der Waals surface area contributed by atoms with E-state index in [1.54, 1.807) is 15.0 Å². The van der Waals surface area contributed by atoms with Crippen molar-refractivity contribution in [2.24, 2.45) is 0 Å².